The van der Waals surface area contributed by atoms with Gasteiger partial charge >= 0.3 is 6.16 Å². The molecule has 8 heteroatoms. The quantitative estimate of drug-likeness (QED) is 0.137. The second-order valence-corrected chi connectivity index (χ2v) is 9.82. The largest absolute Gasteiger partial charge is 0.511 e. The van der Waals surface area contributed by atoms with Crippen LogP contribution < -0.4 is 0 Å². The van der Waals surface area contributed by atoms with Crippen molar-refractivity contribution in [3.63, 3.8) is 0 Å². The highest BCUT2D eigenvalue weighted by Gasteiger charge is 2.22. The van der Waals surface area contributed by atoms with Crippen LogP contribution in [-0.4, -0.2) is 54.6 Å². The molecule has 2 rings (SSSR count). The summed E-state index contributed by atoms with van der Waals surface area (Å²) in [6.45, 7) is 13.2. The number of allylic oxidation sites excluding steroid dienone is 1. The Morgan fingerprint density at radius 2 is 1.82 bits per heavy atom. The third kappa shape index (κ3) is 7.13. The zero-order valence-corrected chi connectivity index (χ0v) is 22.4. The fraction of sp³-hybridized carbons (Fsp3) is 0.500. The molecule has 1 aromatic carbocycles. The first-order valence-electron chi connectivity index (χ1n) is 11.4. The van der Waals surface area contributed by atoms with Gasteiger partial charge in [0.1, 0.15) is 12.3 Å². The molecule has 1 heterocycles. The van der Waals surface area contributed by atoms with E-state index in [1.54, 1.807) is 25.0 Å². The van der Waals surface area contributed by atoms with Crippen molar-refractivity contribution in [3.05, 3.63) is 52.3 Å². The van der Waals surface area contributed by atoms with Gasteiger partial charge in [0.25, 0.3) is 0 Å². The zero-order valence-electron chi connectivity index (χ0n) is 21.6. The predicted octanol–water partition coefficient (Wildman–Crippen LogP) is 5.88. The number of aromatic nitrogens is 2. The number of thioether (sulfide) groups is 1. The maximum absolute atomic E-state index is 11.9. The Morgan fingerprint density at radius 3 is 2.38 bits per heavy atom. The topological polar surface area (TPSA) is 74.9 Å². The van der Waals surface area contributed by atoms with Crippen molar-refractivity contribution in [1.29, 1.82) is 0 Å². The molecule has 0 atom stereocenters. The van der Waals surface area contributed by atoms with Crippen molar-refractivity contribution < 1.29 is 19.0 Å². The Morgan fingerprint density at radius 1 is 1.15 bits per heavy atom. The average molecular weight is 488 g/mol. The summed E-state index contributed by atoms with van der Waals surface area (Å²) in [7, 11) is 1.72. The molecule has 0 fully saturated rings. The molecule has 0 saturated carbocycles. The van der Waals surface area contributed by atoms with Crippen LogP contribution in [0.4, 0.5) is 4.79 Å². The molecule has 0 spiro atoms. The van der Waals surface area contributed by atoms with Crippen LogP contribution in [0.1, 0.15) is 55.8 Å². The van der Waals surface area contributed by atoms with E-state index in [2.05, 4.69) is 55.1 Å². The first-order chi connectivity index (χ1) is 16.1. The molecular weight excluding hydrogens is 450 g/mol. The SMILES string of the molecule is CCn1nc(C)c(C)c1/C(OCOC(=O)OCCSC)=C(\C=NC)c1ccc(C(C)(C)C)cc1. The fourth-order valence-electron chi connectivity index (χ4n) is 3.39. The second kappa shape index (κ2) is 12.6. The molecule has 0 aliphatic carbocycles. The lowest BCUT2D eigenvalue weighted by Crippen LogP contribution is -2.14. The van der Waals surface area contributed by atoms with E-state index in [0.717, 1.165) is 28.1 Å². The molecule has 0 bridgehead atoms. The van der Waals surface area contributed by atoms with E-state index >= 15 is 0 Å². The summed E-state index contributed by atoms with van der Waals surface area (Å²) in [4.78, 5) is 16.2. The highest BCUT2D eigenvalue weighted by Crippen LogP contribution is 2.31. The van der Waals surface area contributed by atoms with Gasteiger partial charge in [-0.2, -0.15) is 16.9 Å². The third-order valence-corrected chi connectivity index (χ3v) is 5.97. The predicted molar refractivity (Wildman–Crippen MR) is 141 cm³/mol. The molecule has 0 radical (unpaired) electrons. The average Bonchev–Trinajstić information content (AvgIpc) is 3.08. The van der Waals surface area contributed by atoms with Gasteiger partial charge in [-0.3, -0.25) is 9.67 Å². The van der Waals surface area contributed by atoms with Crippen LogP contribution in [0.25, 0.3) is 11.3 Å². The summed E-state index contributed by atoms with van der Waals surface area (Å²) in [6.07, 6.45) is 2.95. The fourth-order valence-corrected chi connectivity index (χ4v) is 3.64. The van der Waals surface area contributed by atoms with E-state index in [-0.39, 0.29) is 18.8 Å². The van der Waals surface area contributed by atoms with Crippen LogP contribution in [0.2, 0.25) is 0 Å². The summed E-state index contributed by atoms with van der Waals surface area (Å²) in [6, 6.07) is 8.36. The molecule has 1 aromatic heterocycles. The number of carbonyl (C=O) groups excluding carboxylic acids is 1. The summed E-state index contributed by atoms with van der Waals surface area (Å²) < 4.78 is 18.2. The number of benzene rings is 1. The number of ether oxygens (including phenoxy) is 3. The van der Waals surface area contributed by atoms with Gasteiger partial charge in [-0.15, -0.1) is 0 Å². The Hall–Kier alpha value is -2.74. The third-order valence-electron chi connectivity index (χ3n) is 5.39. The van der Waals surface area contributed by atoms with Crippen molar-refractivity contribution in [2.45, 2.75) is 53.5 Å². The van der Waals surface area contributed by atoms with Crippen LogP contribution in [0.15, 0.2) is 29.3 Å². The monoisotopic (exact) mass is 487 g/mol. The number of rotatable bonds is 10. The molecule has 2 aromatic rings. The molecular formula is C26H37N3O4S. The second-order valence-electron chi connectivity index (χ2n) is 8.83. The summed E-state index contributed by atoms with van der Waals surface area (Å²) >= 11 is 1.59. The molecule has 7 nitrogen and oxygen atoms in total. The smallest absolute Gasteiger partial charge is 0.454 e. The molecule has 0 N–H and O–H groups in total. The minimum absolute atomic E-state index is 0.0413. The van der Waals surface area contributed by atoms with E-state index in [1.807, 2.05) is 31.7 Å². The van der Waals surface area contributed by atoms with Gasteiger partial charge in [0.05, 0.1) is 5.69 Å². The van der Waals surface area contributed by atoms with Gasteiger partial charge in [0.15, 0.2) is 5.76 Å². The van der Waals surface area contributed by atoms with Gasteiger partial charge in [-0.1, -0.05) is 45.0 Å². The van der Waals surface area contributed by atoms with E-state index in [1.165, 1.54) is 5.56 Å². The molecule has 186 valence electrons. The Balaban J connectivity index is 2.51. The van der Waals surface area contributed by atoms with Crippen LogP contribution in [-0.2, 0) is 26.2 Å². The maximum atomic E-state index is 11.9. The Kier molecular flexibility index (Phi) is 10.2. The normalized spacial score (nSPS) is 12.6. The number of aryl methyl sites for hydroxylation is 2. The molecule has 34 heavy (non-hydrogen) atoms. The number of carbonyl (C=O) groups is 1. The van der Waals surface area contributed by atoms with E-state index < -0.39 is 6.16 Å². The molecule has 0 aliphatic heterocycles. The number of hydrogen-bond acceptors (Lipinski definition) is 7. The van der Waals surface area contributed by atoms with E-state index in [9.17, 15) is 4.79 Å². The Labute approximate surface area is 207 Å². The summed E-state index contributed by atoms with van der Waals surface area (Å²) in [5.41, 5.74) is 5.72. The van der Waals surface area contributed by atoms with Crippen molar-refractivity contribution in [1.82, 2.24) is 9.78 Å². The number of nitrogens with zero attached hydrogens (tertiary/aromatic N) is 3. The minimum Gasteiger partial charge on any atom is -0.454 e. The number of aliphatic imine (C=N–C) groups is 1. The van der Waals surface area contributed by atoms with Gasteiger partial charge < -0.3 is 14.2 Å². The molecule has 0 unspecified atom stereocenters. The lowest BCUT2D eigenvalue weighted by atomic mass is 9.86. The maximum Gasteiger partial charge on any atom is 0.511 e. The minimum atomic E-state index is -0.759. The zero-order chi connectivity index (χ0) is 25.3. The molecule has 0 aliphatic rings. The summed E-state index contributed by atoms with van der Waals surface area (Å²) in [5.74, 6) is 1.25. The van der Waals surface area contributed by atoms with Crippen molar-refractivity contribution in [3.8, 4) is 0 Å². The first-order valence-corrected chi connectivity index (χ1v) is 12.8. The van der Waals surface area contributed by atoms with Crippen LogP contribution >= 0.6 is 11.8 Å². The highest BCUT2D eigenvalue weighted by atomic mass is 32.2. The standard InChI is InChI=1S/C26H37N3O4S/c1-9-29-23(18(2)19(3)28-29)24(32-17-33-25(30)31-14-15-34-8)22(16-27-7)20-10-12-21(13-11-20)26(4,5)6/h10-13,16H,9,14-15,17H2,1-8H3/b24-22-,27-16?. The lowest BCUT2D eigenvalue weighted by Gasteiger charge is -2.20. The first kappa shape index (κ1) is 27.5. The van der Waals surface area contributed by atoms with Crippen LogP contribution in [0.5, 0.6) is 0 Å². The van der Waals surface area contributed by atoms with Crippen molar-refractivity contribution in [2.75, 3.05) is 32.5 Å². The van der Waals surface area contributed by atoms with Crippen LogP contribution in [0.3, 0.4) is 0 Å². The van der Waals surface area contributed by atoms with E-state index in [4.69, 9.17) is 14.2 Å². The van der Waals surface area contributed by atoms with Crippen LogP contribution in [0, 0.1) is 13.8 Å². The van der Waals surface area contributed by atoms with E-state index in [0.29, 0.717) is 18.1 Å². The number of hydrogen-bond donors (Lipinski definition) is 0. The Bertz CT molecular complexity index is 1020. The lowest BCUT2D eigenvalue weighted by molar-refractivity contribution is -0.00333. The van der Waals surface area contributed by atoms with Gasteiger partial charge in [0, 0.05) is 36.7 Å². The van der Waals surface area contributed by atoms with Gasteiger partial charge in [0.2, 0.25) is 6.79 Å². The highest BCUT2D eigenvalue weighted by molar-refractivity contribution is 7.98. The molecule has 0 saturated heterocycles. The summed E-state index contributed by atoms with van der Waals surface area (Å²) in [5, 5.41) is 4.65. The molecule has 0 amide bonds. The van der Waals surface area contributed by atoms with Gasteiger partial charge in [-0.05, 0) is 43.6 Å². The van der Waals surface area contributed by atoms with Crippen molar-refractivity contribution in [2.24, 2.45) is 4.99 Å². The van der Waals surface area contributed by atoms with Gasteiger partial charge in [-0.25, -0.2) is 4.79 Å². The van der Waals surface area contributed by atoms with Crippen molar-refractivity contribution >= 4 is 35.5 Å².